The summed E-state index contributed by atoms with van der Waals surface area (Å²) >= 11 is 1.56. The van der Waals surface area contributed by atoms with E-state index in [1.54, 1.807) is 11.8 Å². The number of carbonyl (C=O) groups is 3. The summed E-state index contributed by atoms with van der Waals surface area (Å²) < 4.78 is 0. The topological polar surface area (TPSA) is 86.7 Å². The number of hydrogen-bond donors (Lipinski definition) is 2. The first-order chi connectivity index (χ1) is 23.8. The molecule has 2 fully saturated rings. The Morgan fingerprint density at radius 2 is 1.43 bits per heavy atom. The highest BCUT2D eigenvalue weighted by molar-refractivity contribution is 7.98. The number of aliphatic carboxylic acids is 1. The summed E-state index contributed by atoms with van der Waals surface area (Å²) in [6.45, 7) is 2.47. The van der Waals surface area contributed by atoms with Crippen molar-refractivity contribution >= 4 is 29.5 Å². The summed E-state index contributed by atoms with van der Waals surface area (Å²) in [6.07, 6.45) is 17.0. The lowest BCUT2D eigenvalue weighted by Gasteiger charge is -2.38. The van der Waals surface area contributed by atoms with Gasteiger partial charge in [-0.25, -0.2) is 4.79 Å². The fourth-order valence-electron chi connectivity index (χ4n) is 7.99. The molecule has 0 spiro atoms. The van der Waals surface area contributed by atoms with Gasteiger partial charge in [0, 0.05) is 23.7 Å². The van der Waals surface area contributed by atoms with Crippen molar-refractivity contribution in [3.05, 3.63) is 95.1 Å². The van der Waals surface area contributed by atoms with Crippen LogP contribution in [0.5, 0.6) is 0 Å². The lowest BCUT2D eigenvalue weighted by Crippen LogP contribution is -2.42. The Kier molecular flexibility index (Phi) is 13.8. The van der Waals surface area contributed by atoms with E-state index in [1.165, 1.54) is 64.2 Å². The van der Waals surface area contributed by atoms with E-state index < -0.39 is 17.9 Å². The number of carboxylic acid groups (broad SMARTS) is 1. The van der Waals surface area contributed by atoms with Crippen LogP contribution in [0.25, 0.3) is 11.1 Å². The molecule has 0 bridgehead atoms. The van der Waals surface area contributed by atoms with Crippen molar-refractivity contribution in [3.63, 3.8) is 0 Å². The summed E-state index contributed by atoms with van der Waals surface area (Å²) in [5.74, 6) is 0.534. The summed E-state index contributed by atoms with van der Waals surface area (Å²) in [5.41, 5.74) is 4.82. The molecule has 6 nitrogen and oxygen atoms in total. The number of nitrogens with zero attached hydrogens (tertiary/aromatic N) is 1. The third-order valence-electron chi connectivity index (χ3n) is 10.7. The highest BCUT2D eigenvalue weighted by Gasteiger charge is 2.31. The van der Waals surface area contributed by atoms with Crippen molar-refractivity contribution in [2.24, 2.45) is 11.8 Å². The molecule has 5 rings (SSSR count). The summed E-state index contributed by atoms with van der Waals surface area (Å²) in [5, 5.41) is 12.6. The maximum atomic E-state index is 14.5. The molecule has 1 atom stereocenters. The lowest BCUT2D eigenvalue weighted by atomic mass is 9.79. The van der Waals surface area contributed by atoms with E-state index in [0.717, 1.165) is 35.1 Å². The van der Waals surface area contributed by atoms with E-state index in [0.29, 0.717) is 41.7 Å². The van der Waals surface area contributed by atoms with Crippen LogP contribution in [-0.4, -0.2) is 51.9 Å². The molecule has 2 aliphatic carbocycles. The first-order valence-corrected chi connectivity index (χ1v) is 19.8. The first kappa shape index (κ1) is 36.7. The van der Waals surface area contributed by atoms with Crippen LogP contribution in [0.1, 0.15) is 115 Å². The van der Waals surface area contributed by atoms with E-state index in [-0.39, 0.29) is 11.9 Å². The molecule has 0 aromatic heterocycles. The molecule has 0 unspecified atom stereocenters. The third-order valence-corrected chi connectivity index (χ3v) is 11.4. The standard InChI is InChI=1S/C42H54N2O4S/c1-30-14-12-13-21-36(30)38-28-33(22-23-37(38)40(45)43-39(42(47)48)24-25-49-2)29-44(41(46)34-19-10-5-11-20-34)35(26-31-15-6-3-7-16-31)27-32-17-8-4-9-18-32/h5,10-14,19-23,28,31-32,35,39H,3-4,6-9,15-18,24-27,29H2,1-2H3,(H,43,45)(H,47,48)/t39-/m0/s1. The number of carbonyl (C=O) groups excluding carboxylic acids is 2. The van der Waals surface area contributed by atoms with Gasteiger partial charge in [-0.2, -0.15) is 11.8 Å². The molecule has 2 amide bonds. The first-order valence-electron chi connectivity index (χ1n) is 18.4. The zero-order valence-electron chi connectivity index (χ0n) is 29.4. The smallest absolute Gasteiger partial charge is 0.326 e. The van der Waals surface area contributed by atoms with E-state index in [1.807, 2.05) is 79.9 Å². The van der Waals surface area contributed by atoms with E-state index in [4.69, 9.17) is 0 Å². The molecule has 0 aliphatic heterocycles. The minimum atomic E-state index is -1.03. The van der Waals surface area contributed by atoms with Gasteiger partial charge in [0.05, 0.1) is 0 Å². The number of benzene rings is 3. The summed E-state index contributed by atoms with van der Waals surface area (Å²) in [6, 6.07) is 22.7. The second-order valence-electron chi connectivity index (χ2n) is 14.3. The number of hydrogen-bond acceptors (Lipinski definition) is 4. The fraction of sp³-hybridized carbons (Fsp3) is 0.500. The molecule has 262 valence electrons. The Hall–Kier alpha value is -3.58. The number of thioether (sulfide) groups is 1. The van der Waals surface area contributed by atoms with Crippen molar-refractivity contribution in [2.45, 2.75) is 109 Å². The molecule has 7 heteroatoms. The number of rotatable bonds is 15. The quantitative estimate of drug-likeness (QED) is 0.167. The third kappa shape index (κ3) is 10.2. The highest BCUT2D eigenvalue weighted by atomic mass is 32.2. The van der Waals surface area contributed by atoms with Crippen molar-refractivity contribution in [1.29, 1.82) is 0 Å². The minimum absolute atomic E-state index is 0.0644. The molecule has 0 heterocycles. The maximum absolute atomic E-state index is 14.5. The van der Waals surface area contributed by atoms with Gasteiger partial charge in [-0.3, -0.25) is 9.59 Å². The van der Waals surface area contributed by atoms with Crippen molar-refractivity contribution in [2.75, 3.05) is 12.0 Å². The van der Waals surface area contributed by atoms with Crippen LogP contribution in [0.15, 0.2) is 72.8 Å². The fourth-order valence-corrected chi connectivity index (χ4v) is 8.46. The largest absolute Gasteiger partial charge is 0.480 e. The van der Waals surface area contributed by atoms with Gasteiger partial charge in [0.1, 0.15) is 6.04 Å². The van der Waals surface area contributed by atoms with Crippen molar-refractivity contribution in [1.82, 2.24) is 10.2 Å². The normalized spacial score (nSPS) is 16.3. The second kappa shape index (κ2) is 18.4. The van der Waals surface area contributed by atoms with E-state index in [2.05, 4.69) is 16.3 Å². The predicted octanol–water partition coefficient (Wildman–Crippen LogP) is 9.55. The van der Waals surface area contributed by atoms with Crippen LogP contribution in [0.2, 0.25) is 0 Å². The molecular formula is C42H54N2O4S. The molecule has 2 aliphatic rings. The van der Waals surface area contributed by atoms with Gasteiger partial charge in [0.2, 0.25) is 0 Å². The van der Waals surface area contributed by atoms with Gasteiger partial charge in [0.15, 0.2) is 0 Å². The Morgan fingerprint density at radius 1 is 0.816 bits per heavy atom. The van der Waals surface area contributed by atoms with Gasteiger partial charge < -0.3 is 15.3 Å². The summed E-state index contributed by atoms with van der Waals surface area (Å²) in [4.78, 5) is 42.5. The SMILES string of the molecule is CSCC[C@H](NC(=O)c1ccc(CN(C(=O)c2ccccc2)C(CC2CCCCC2)CC2CCCCC2)cc1-c1ccccc1C)C(=O)O. The minimum Gasteiger partial charge on any atom is -0.480 e. The van der Waals surface area contributed by atoms with Gasteiger partial charge in [-0.05, 0) is 96.5 Å². The van der Waals surface area contributed by atoms with Crippen LogP contribution < -0.4 is 5.32 Å². The van der Waals surface area contributed by atoms with Gasteiger partial charge in [-0.1, -0.05) is 113 Å². The van der Waals surface area contributed by atoms with Crippen LogP contribution in [-0.2, 0) is 11.3 Å². The molecule has 3 aromatic rings. The molecule has 2 N–H and O–H groups in total. The van der Waals surface area contributed by atoms with Crippen LogP contribution in [0.3, 0.4) is 0 Å². The Morgan fingerprint density at radius 3 is 2.02 bits per heavy atom. The predicted molar refractivity (Wildman–Crippen MR) is 201 cm³/mol. The average Bonchev–Trinajstić information content (AvgIpc) is 3.13. The molecule has 49 heavy (non-hydrogen) atoms. The Bertz CT molecular complexity index is 1510. The van der Waals surface area contributed by atoms with Crippen LogP contribution in [0, 0.1) is 18.8 Å². The lowest BCUT2D eigenvalue weighted by molar-refractivity contribution is -0.139. The molecule has 2 saturated carbocycles. The van der Waals surface area contributed by atoms with Gasteiger partial charge in [0.25, 0.3) is 11.8 Å². The zero-order valence-corrected chi connectivity index (χ0v) is 30.2. The van der Waals surface area contributed by atoms with E-state index in [9.17, 15) is 19.5 Å². The zero-order chi connectivity index (χ0) is 34.6. The molecular weight excluding hydrogens is 629 g/mol. The maximum Gasteiger partial charge on any atom is 0.326 e. The van der Waals surface area contributed by atoms with Crippen LogP contribution in [0.4, 0.5) is 0 Å². The number of amides is 2. The average molecular weight is 683 g/mol. The van der Waals surface area contributed by atoms with E-state index >= 15 is 0 Å². The van der Waals surface area contributed by atoms with Gasteiger partial charge >= 0.3 is 5.97 Å². The number of nitrogens with one attached hydrogen (secondary N) is 1. The van der Waals surface area contributed by atoms with Gasteiger partial charge in [-0.15, -0.1) is 0 Å². The van der Waals surface area contributed by atoms with Crippen molar-refractivity contribution in [3.8, 4) is 11.1 Å². The Balaban J connectivity index is 1.53. The highest BCUT2D eigenvalue weighted by Crippen LogP contribution is 2.36. The molecule has 0 radical (unpaired) electrons. The van der Waals surface area contributed by atoms with Crippen LogP contribution >= 0.6 is 11.8 Å². The van der Waals surface area contributed by atoms with Crippen molar-refractivity contribution < 1.29 is 19.5 Å². The molecule has 0 saturated heterocycles. The Labute approximate surface area is 297 Å². The molecule has 3 aromatic carbocycles. The summed E-state index contributed by atoms with van der Waals surface area (Å²) in [7, 11) is 0. The second-order valence-corrected chi connectivity index (χ2v) is 15.3. The number of aryl methyl sites for hydroxylation is 1. The monoisotopic (exact) mass is 682 g/mol. The number of carboxylic acids is 1.